The molecule has 1 unspecified atom stereocenters. The van der Waals surface area contributed by atoms with Crippen LogP contribution in [0.25, 0.3) is 0 Å². The molecule has 0 amide bonds. The maximum Gasteiger partial charge on any atom is 0.126 e. The lowest BCUT2D eigenvalue weighted by atomic mass is 10.1. The molecular formula is C15H23NO2. The van der Waals surface area contributed by atoms with Crippen LogP contribution >= 0.6 is 0 Å². The van der Waals surface area contributed by atoms with Crippen LogP contribution in [-0.4, -0.2) is 18.3 Å². The summed E-state index contributed by atoms with van der Waals surface area (Å²) in [4.78, 5) is 0. The van der Waals surface area contributed by atoms with Gasteiger partial charge in [-0.05, 0) is 39.2 Å². The number of hydrogen-bond acceptors (Lipinski definition) is 3. The summed E-state index contributed by atoms with van der Waals surface area (Å²) < 4.78 is 11.9. The van der Waals surface area contributed by atoms with Crippen LogP contribution in [0.2, 0.25) is 0 Å². The lowest BCUT2D eigenvalue weighted by molar-refractivity contribution is -0.0328. The van der Waals surface area contributed by atoms with Crippen LogP contribution in [0.3, 0.4) is 0 Å². The van der Waals surface area contributed by atoms with Crippen molar-refractivity contribution < 1.29 is 9.47 Å². The molecule has 1 fully saturated rings. The van der Waals surface area contributed by atoms with Gasteiger partial charge in [0, 0.05) is 12.1 Å². The lowest BCUT2D eigenvalue weighted by Gasteiger charge is -2.20. The largest absolute Gasteiger partial charge is 0.490 e. The van der Waals surface area contributed by atoms with Crippen molar-refractivity contribution in [2.45, 2.75) is 51.9 Å². The Morgan fingerprint density at radius 2 is 2.22 bits per heavy atom. The Kier molecular flexibility index (Phi) is 3.93. The van der Waals surface area contributed by atoms with Gasteiger partial charge in [-0.2, -0.15) is 0 Å². The van der Waals surface area contributed by atoms with Crippen molar-refractivity contribution in [3.05, 3.63) is 29.3 Å². The Balaban J connectivity index is 1.98. The zero-order valence-electron chi connectivity index (χ0n) is 11.5. The first-order valence-electron chi connectivity index (χ1n) is 6.61. The molecule has 3 heteroatoms. The fourth-order valence-electron chi connectivity index (χ4n) is 2.45. The first-order valence-corrected chi connectivity index (χ1v) is 6.61. The Bertz CT molecular complexity index is 415. The second-order valence-corrected chi connectivity index (χ2v) is 5.62. The first kappa shape index (κ1) is 13.4. The van der Waals surface area contributed by atoms with E-state index >= 15 is 0 Å². The molecule has 2 N–H and O–H groups in total. The number of hydrogen-bond donors (Lipinski definition) is 1. The third-order valence-electron chi connectivity index (χ3n) is 3.48. The molecular weight excluding hydrogens is 226 g/mol. The molecule has 1 aromatic rings. The number of aryl methyl sites for hydroxylation is 1. The smallest absolute Gasteiger partial charge is 0.126 e. The van der Waals surface area contributed by atoms with Gasteiger partial charge in [-0.3, -0.25) is 0 Å². The van der Waals surface area contributed by atoms with Gasteiger partial charge < -0.3 is 15.2 Å². The highest BCUT2D eigenvalue weighted by Gasteiger charge is 2.32. The Morgan fingerprint density at radius 1 is 1.44 bits per heavy atom. The third-order valence-corrected chi connectivity index (χ3v) is 3.48. The van der Waals surface area contributed by atoms with Gasteiger partial charge in [-0.1, -0.05) is 18.2 Å². The van der Waals surface area contributed by atoms with E-state index in [1.807, 2.05) is 25.1 Å². The van der Waals surface area contributed by atoms with E-state index in [2.05, 4.69) is 13.8 Å². The minimum Gasteiger partial charge on any atom is -0.490 e. The fourth-order valence-corrected chi connectivity index (χ4v) is 2.45. The van der Waals surface area contributed by atoms with Crippen molar-refractivity contribution in [2.24, 2.45) is 5.73 Å². The van der Waals surface area contributed by atoms with Gasteiger partial charge in [0.25, 0.3) is 0 Å². The molecule has 0 radical (unpaired) electrons. The molecule has 1 saturated heterocycles. The molecule has 100 valence electrons. The molecule has 0 bridgehead atoms. The highest BCUT2D eigenvalue weighted by Crippen LogP contribution is 2.30. The van der Waals surface area contributed by atoms with E-state index in [0.29, 0.717) is 13.2 Å². The quantitative estimate of drug-likeness (QED) is 0.892. The monoisotopic (exact) mass is 249 g/mol. The highest BCUT2D eigenvalue weighted by atomic mass is 16.6. The number of rotatable bonds is 4. The molecule has 0 saturated carbocycles. The van der Waals surface area contributed by atoms with Crippen LogP contribution in [0.15, 0.2) is 18.2 Å². The van der Waals surface area contributed by atoms with Crippen molar-refractivity contribution in [2.75, 3.05) is 6.61 Å². The van der Waals surface area contributed by atoms with Crippen LogP contribution in [0.4, 0.5) is 0 Å². The normalized spacial score (nSPS) is 22.1. The summed E-state index contributed by atoms with van der Waals surface area (Å²) in [6, 6.07) is 6.08. The van der Waals surface area contributed by atoms with E-state index in [0.717, 1.165) is 29.7 Å². The Hall–Kier alpha value is -1.06. The number of benzene rings is 1. The van der Waals surface area contributed by atoms with Gasteiger partial charge in [-0.15, -0.1) is 0 Å². The van der Waals surface area contributed by atoms with Gasteiger partial charge >= 0.3 is 0 Å². The molecule has 1 aliphatic rings. The Morgan fingerprint density at radius 3 is 2.83 bits per heavy atom. The maximum atomic E-state index is 5.93. The molecule has 18 heavy (non-hydrogen) atoms. The second kappa shape index (κ2) is 5.29. The van der Waals surface area contributed by atoms with E-state index in [1.165, 1.54) is 0 Å². The van der Waals surface area contributed by atoms with Crippen molar-refractivity contribution >= 4 is 0 Å². The summed E-state index contributed by atoms with van der Waals surface area (Å²) in [5.41, 5.74) is 7.93. The molecule has 0 aromatic heterocycles. The van der Waals surface area contributed by atoms with E-state index in [1.54, 1.807) is 0 Å². The van der Waals surface area contributed by atoms with Crippen molar-refractivity contribution in [3.63, 3.8) is 0 Å². The molecule has 1 aromatic carbocycles. The van der Waals surface area contributed by atoms with Crippen molar-refractivity contribution in [1.82, 2.24) is 0 Å². The van der Waals surface area contributed by atoms with Crippen LogP contribution in [0.1, 0.15) is 37.8 Å². The van der Waals surface area contributed by atoms with Crippen LogP contribution in [0, 0.1) is 6.92 Å². The van der Waals surface area contributed by atoms with Crippen LogP contribution < -0.4 is 10.5 Å². The summed E-state index contributed by atoms with van der Waals surface area (Å²) >= 11 is 0. The summed E-state index contributed by atoms with van der Waals surface area (Å²) in [6.45, 7) is 7.43. The van der Waals surface area contributed by atoms with Gasteiger partial charge in [0.05, 0.1) is 11.7 Å². The number of ether oxygens (including phenoxy) is 2. The van der Waals surface area contributed by atoms with Gasteiger partial charge in [0.2, 0.25) is 0 Å². The van der Waals surface area contributed by atoms with E-state index in [4.69, 9.17) is 15.2 Å². The van der Waals surface area contributed by atoms with Gasteiger partial charge in [0.1, 0.15) is 12.4 Å². The SMILES string of the molecule is Cc1cccc(CN)c1OCC1CCC(C)(C)O1. The number of nitrogens with two attached hydrogens (primary N) is 1. The fraction of sp³-hybridized carbons (Fsp3) is 0.600. The molecule has 1 heterocycles. The minimum absolute atomic E-state index is 0.00352. The molecule has 0 aliphatic carbocycles. The van der Waals surface area contributed by atoms with E-state index in [-0.39, 0.29) is 11.7 Å². The molecule has 0 spiro atoms. The summed E-state index contributed by atoms with van der Waals surface area (Å²) in [5.74, 6) is 0.924. The lowest BCUT2D eigenvalue weighted by Crippen LogP contribution is -2.24. The average Bonchev–Trinajstić information content (AvgIpc) is 2.67. The average molecular weight is 249 g/mol. The molecule has 2 rings (SSSR count). The molecule has 1 atom stereocenters. The minimum atomic E-state index is -0.00352. The van der Waals surface area contributed by atoms with Gasteiger partial charge in [0.15, 0.2) is 0 Å². The summed E-state index contributed by atoms with van der Waals surface area (Å²) in [7, 11) is 0. The molecule has 3 nitrogen and oxygen atoms in total. The zero-order valence-corrected chi connectivity index (χ0v) is 11.5. The predicted molar refractivity (Wildman–Crippen MR) is 72.8 cm³/mol. The third kappa shape index (κ3) is 3.03. The van der Waals surface area contributed by atoms with Crippen molar-refractivity contribution in [1.29, 1.82) is 0 Å². The van der Waals surface area contributed by atoms with Gasteiger partial charge in [-0.25, -0.2) is 0 Å². The number of para-hydroxylation sites is 1. The topological polar surface area (TPSA) is 44.5 Å². The van der Waals surface area contributed by atoms with Crippen LogP contribution in [0.5, 0.6) is 5.75 Å². The highest BCUT2D eigenvalue weighted by molar-refractivity contribution is 5.40. The Labute approximate surface area is 109 Å². The van der Waals surface area contributed by atoms with E-state index < -0.39 is 0 Å². The summed E-state index contributed by atoms with van der Waals surface area (Å²) in [6.07, 6.45) is 2.36. The van der Waals surface area contributed by atoms with Crippen molar-refractivity contribution in [3.8, 4) is 5.75 Å². The second-order valence-electron chi connectivity index (χ2n) is 5.62. The molecule has 1 aliphatic heterocycles. The standard InChI is InChI=1S/C15H23NO2/c1-11-5-4-6-12(9-16)14(11)17-10-13-7-8-15(2,3)18-13/h4-6,13H,7-10,16H2,1-3H3. The predicted octanol–water partition coefficient (Wildman–Crippen LogP) is 2.79. The van der Waals surface area contributed by atoms with Crippen LogP contribution in [-0.2, 0) is 11.3 Å². The summed E-state index contributed by atoms with van der Waals surface area (Å²) in [5, 5.41) is 0. The van der Waals surface area contributed by atoms with E-state index in [9.17, 15) is 0 Å². The zero-order chi connectivity index (χ0) is 13.2. The first-order chi connectivity index (χ1) is 8.52. The maximum absolute atomic E-state index is 5.93.